The maximum absolute atomic E-state index is 8.88. The van der Waals surface area contributed by atoms with Crippen LogP contribution in [0.1, 0.15) is 0 Å². The van der Waals surface area contributed by atoms with E-state index in [1.54, 1.807) is 0 Å². The number of carboxylic acid groups (broad SMARTS) is 2. The molecule has 0 aromatic rings. The molecule has 0 aliphatic carbocycles. The van der Waals surface area contributed by atoms with Crippen molar-refractivity contribution in [3.05, 3.63) is 0 Å². The van der Waals surface area contributed by atoms with Crippen LogP contribution in [-0.4, -0.2) is 137 Å². The Morgan fingerprint density at radius 1 is 0.882 bits per heavy atom. The molecule has 0 radical (unpaired) electrons. The summed E-state index contributed by atoms with van der Waals surface area (Å²) in [6.45, 7) is 0. The average molecular weight is 330 g/mol. The van der Waals surface area contributed by atoms with E-state index in [2.05, 4.69) is 0 Å². The SMILES string of the molecule is O=C(O)O.O=P(O)(O)O.O=S(=O)(O)O.[NaH].[NaH].[NaH]. The summed E-state index contributed by atoms with van der Waals surface area (Å²) in [6.07, 6.45) is -1.83. The van der Waals surface area contributed by atoms with E-state index in [9.17, 15) is 0 Å². The van der Waals surface area contributed by atoms with Crippen molar-refractivity contribution >= 4 is 113 Å². The van der Waals surface area contributed by atoms with Gasteiger partial charge in [-0.15, -0.1) is 0 Å². The quantitative estimate of drug-likeness (QED) is 0.133. The number of phosphoric acid groups is 1. The summed E-state index contributed by atoms with van der Waals surface area (Å²) in [5.41, 5.74) is 0. The third-order valence-electron chi connectivity index (χ3n) is 0. The monoisotopic (exact) mass is 330 g/mol. The molecule has 0 saturated heterocycles. The van der Waals surface area contributed by atoms with Crippen LogP contribution in [0.4, 0.5) is 4.79 Å². The summed E-state index contributed by atoms with van der Waals surface area (Å²) < 4.78 is 40.5. The summed E-state index contributed by atoms with van der Waals surface area (Å²) in [5, 5.41) is 13.9. The van der Waals surface area contributed by atoms with Crippen LogP contribution < -0.4 is 0 Å². The van der Waals surface area contributed by atoms with Gasteiger partial charge in [-0.25, -0.2) is 9.36 Å². The molecule has 0 bridgehead atoms. The zero-order valence-corrected chi connectivity index (χ0v) is 7.83. The number of rotatable bonds is 0. The van der Waals surface area contributed by atoms with Gasteiger partial charge in [0.25, 0.3) is 0 Å². The Balaban J connectivity index is -0.0000000247. The van der Waals surface area contributed by atoms with E-state index >= 15 is 0 Å². The Hall–Kier alpha value is 2.25. The van der Waals surface area contributed by atoms with E-state index in [4.69, 9.17) is 51.8 Å². The van der Waals surface area contributed by atoms with Gasteiger partial charge in [-0.05, 0) is 0 Å². The summed E-state index contributed by atoms with van der Waals surface area (Å²) in [6, 6.07) is 0. The van der Waals surface area contributed by atoms with Crippen LogP contribution in [0.5, 0.6) is 0 Å². The van der Waals surface area contributed by atoms with Crippen LogP contribution in [0.3, 0.4) is 0 Å². The molecule has 0 fully saturated rings. The van der Waals surface area contributed by atoms with E-state index in [0.29, 0.717) is 0 Å². The average Bonchev–Trinajstić information content (AvgIpc) is 1.45. The number of hydrogen-bond acceptors (Lipinski definition) is 4. The minimum atomic E-state index is -4.67. The molecule has 94 valence electrons. The first-order chi connectivity index (χ1) is 5.73. The van der Waals surface area contributed by atoms with E-state index in [1.165, 1.54) is 0 Å². The molecule has 0 saturated carbocycles. The topological polar surface area (TPSA) is 210 Å². The third-order valence-corrected chi connectivity index (χ3v) is 0. The van der Waals surface area contributed by atoms with Gasteiger partial charge >= 0.3 is 113 Å². The molecule has 7 N–H and O–H groups in total. The predicted molar refractivity (Wildman–Crippen MR) is 60.5 cm³/mol. The second-order valence-electron chi connectivity index (χ2n) is 1.24. The second-order valence-corrected chi connectivity index (χ2v) is 3.17. The van der Waals surface area contributed by atoms with Gasteiger partial charge < -0.3 is 24.9 Å². The van der Waals surface area contributed by atoms with E-state index in [-0.39, 0.29) is 88.7 Å². The molecule has 0 aliphatic rings. The first kappa shape index (κ1) is 36.5. The standard InChI is InChI=1S/CH2O3.3Na.H3O4P.H2O4S.3H/c2-1(3)4;;;;2*1-5(2,3)4;;;/h(H2,2,3,4);;;;(H3,1,2,3,4);(H2,1,2,3,4);;;. The van der Waals surface area contributed by atoms with Crippen LogP contribution in [0.15, 0.2) is 0 Å². The van der Waals surface area contributed by atoms with Crippen LogP contribution >= 0.6 is 7.82 Å². The van der Waals surface area contributed by atoms with E-state index < -0.39 is 24.4 Å². The Kier molecular flexibility index (Phi) is 39.2. The van der Waals surface area contributed by atoms with Gasteiger partial charge in [0.05, 0.1) is 0 Å². The molecular formula is CH10Na3O11PS. The van der Waals surface area contributed by atoms with Gasteiger partial charge in [-0.2, -0.15) is 8.42 Å². The Morgan fingerprint density at radius 3 is 0.882 bits per heavy atom. The first-order valence-electron chi connectivity index (χ1n) is 2.13. The molecule has 0 aromatic heterocycles. The van der Waals surface area contributed by atoms with Gasteiger partial charge in [-0.3, -0.25) is 9.11 Å². The normalized spacial score (nSPS) is 8.29. The van der Waals surface area contributed by atoms with Crippen molar-refractivity contribution in [2.24, 2.45) is 0 Å². The first-order valence-corrected chi connectivity index (χ1v) is 5.09. The molecule has 0 atom stereocenters. The molecular weight excluding hydrogens is 320 g/mol. The third kappa shape index (κ3) is 952. The van der Waals surface area contributed by atoms with Crippen molar-refractivity contribution in [1.82, 2.24) is 0 Å². The Morgan fingerprint density at radius 2 is 0.882 bits per heavy atom. The van der Waals surface area contributed by atoms with Crippen molar-refractivity contribution in [3.8, 4) is 0 Å². The number of hydrogen-bond donors (Lipinski definition) is 7. The van der Waals surface area contributed by atoms with Gasteiger partial charge in [0.15, 0.2) is 0 Å². The molecule has 0 amide bonds. The van der Waals surface area contributed by atoms with Crippen molar-refractivity contribution in [3.63, 3.8) is 0 Å². The molecule has 16 heteroatoms. The maximum atomic E-state index is 8.88. The van der Waals surface area contributed by atoms with Gasteiger partial charge in [0.1, 0.15) is 0 Å². The van der Waals surface area contributed by atoms with Gasteiger partial charge in [0, 0.05) is 0 Å². The second kappa shape index (κ2) is 18.2. The summed E-state index contributed by atoms with van der Waals surface area (Å²) in [7, 11) is -9.31. The molecule has 0 rings (SSSR count). The molecule has 0 heterocycles. The minimum absolute atomic E-state index is 0. The fourth-order valence-corrected chi connectivity index (χ4v) is 0. The van der Waals surface area contributed by atoms with Crippen LogP contribution in [-0.2, 0) is 15.0 Å². The van der Waals surface area contributed by atoms with Crippen LogP contribution in [0.25, 0.3) is 0 Å². The van der Waals surface area contributed by atoms with Crippen LogP contribution in [0, 0.1) is 0 Å². The zero-order valence-electron chi connectivity index (χ0n) is 6.12. The summed E-state index contributed by atoms with van der Waals surface area (Å²) >= 11 is 0. The van der Waals surface area contributed by atoms with Crippen molar-refractivity contribution in [2.45, 2.75) is 0 Å². The fourth-order valence-electron chi connectivity index (χ4n) is 0. The van der Waals surface area contributed by atoms with Gasteiger partial charge in [-0.1, -0.05) is 0 Å². The van der Waals surface area contributed by atoms with E-state index in [0.717, 1.165) is 0 Å². The summed E-state index contributed by atoms with van der Waals surface area (Å²) in [4.78, 5) is 30.1. The van der Waals surface area contributed by atoms with Crippen molar-refractivity contribution < 1.29 is 51.8 Å². The Bertz CT molecular complexity index is 272. The summed E-state index contributed by atoms with van der Waals surface area (Å²) in [5.74, 6) is 0. The van der Waals surface area contributed by atoms with Crippen LogP contribution in [0.2, 0.25) is 0 Å². The van der Waals surface area contributed by atoms with Gasteiger partial charge in [0.2, 0.25) is 0 Å². The molecule has 0 aliphatic heterocycles. The molecule has 0 aromatic carbocycles. The number of carbonyl (C=O) groups is 1. The van der Waals surface area contributed by atoms with Crippen molar-refractivity contribution in [1.29, 1.82) is 0 Å². The molecule has 0 unspecified atom stereocenters. The molecule has 0 spiro atoms. The zero-order chi connectivity index (χ0) is 12.6. The molecule has 17 heavy (non-hydrogen) atoms. The van der Waals surface area contributed by atoms with Crippen molar-refractivity contribution in [2.75, 3.05) is 0 Å². The predicted octanol–water partition coefficient (Wildman–Crippen LogP) is -3.30. The van der Waals surface area contributed by atoms with E-state index in [1.807, 2.05) is 0 Å². The Labute approximate surface area is 162 Å². The molecule has 11 nitrogen and oxygen atoms in total. The fraction of sp³-hybridized carbons (Fsp3) is 0.